The van der Waals surface area contributed by atoms with Gasteiger partial charge in [-0.1, -0.05) is 5.16 Å². The highest BCUT2D eigenvalue weighted by Crippen LogP contribution is 2.27. The van der Waals surface area contributed by atoms with Gasteiger partial charge in [0.2, 0.25) is 0 Å². The minimum Gasteiger partial charge on any atom is -0.493 e. The molecule has 8 nitrogen and oxygen atoms in total. The number of rotatable bonds is 6. The first kappa shape index (κ1) is 18.7. The molecular formula is C19H22N4O4. The molecule has 0 unspecified atom stereocenters. The predicted molar refractivity (Wildman–Crippen MR) is 96.3 cm³/mol. The lowest BCUT2D eigenvalue weighted by Gasteiger charge is -2.34. The van der Waals surface area contributed by atoms with E-state index >= 15 is 0 Å². The van der Waals surface area contributed by atoms with E-state index in [0.717, 1.165) is 24.5 Å². The lowest BCUT2D eigenvalue weighted by molar-refractivity contribution is -0.135. The van der Waals surface area contributed by atoms with Crippen LogP contribution >= 0.6 is 0 Å². The van der Waals surface area contributed by atoms with Crippen molar-refractivity contribution in [1.82, 2.24) is 15.0 Å². The Hall–Kier alpha value is -3.05. The van der Waals surface area contributed by atoms with Crippen LogP contribution in [-0.4, -0.2) is 60.8 Å². The van der Waals surface area contributed by atoms with Crippen LogP contribution in [0.1, 0.15) is 17.0 Å². The van der Waals surface area contributed by atoms with E-state index in [-0.39, 0.29) is 12.5 Å². The normalized spacial score (nSPS) is 14.6. The van der Waals surface area contributed by atoms with Crippen LogP contribution in [0.15, 0.2) is 28.8 Å². The molecule has 1 fully saturated rings. The molecule has 1 aliphatic rings. The molecule has 142 valence electrons. The summed E-state index contributed by atoms with van der Waals surface area (Å²) in [4.78, 5) is 16.4. The number of carbonyl (C=O) groups excluding carboxylic acids is 1. The molecule has 1 amide bonds. The van der Waals surface area contributed by atoms with E-state index in [1.807, 2.05) is 19.1 Å². The highest BCUT2D eigenvalue weighted by molar-refractivity contribution is 5.78. The fourth-order valence-electron chi connectivity index (χ4n) is 2.95. The van der Waals surface area contributed by atoms with E-state index in [2.05, 4.69) is 10.1 Å². The van der Waals surface area contributed by atoms with Gasteiger partial charge in [-0.15, -0.1) is 0 Å². The molecule has 0 aliphatic carbocycles. The lowest BCUT2D eigenvalue weighted by Crippen LogP contribution is -2.49. The maximum absolute atomic E-state index is 12.4. The van der Waals surface area contributed by atoms with Crippen LogP contribution < -0.4 is 9.47 Å². The van der Waals surface area contributed by atoms with E-state index in [4.69, 9.17) is 19.3 Å². The Morgan fingerprint density at radius 3 is 2.67 bits per heavy atom. The van der Waals surface area contributed by atoms with Crippen LogP contribution in [0.2, 0.25) is 0 Å². The monoisotopic (exact) mass is 370 g/mol. The summed E-state index contributed by atoms with van der Waals surface area (Å²) >= 11 is 0. The number of hydrogen-bond donors (Lipinski definition) is 0. The predicted octanol–water partition coefficient (Wildman–Crippen LogP) is 1.59. The summed E-state index contributed by atoms with van der Waals surface area (Å²) in [6.45, 7) is 5.34. The fourth-order valence-corrected chi connectivity index (χ4v) is 2.95. The molecule has 1 aliphatic heterocycles. The zero-order valence-corrected chi connectivity index (χ0v) is 15.5. The largest absolute Gasteiger partial charge is 0.493 e. The Labute approximate surface area is 157 Å². The first-order valence-electron chi connectivity index (χ1n) is 8.72. The number of benzene rings is 1. The number of hydrogen-bond acceptors (Lipinski definition) is 7. The molecule has 8 heteroatoms. The van der Waals surface area contributed by atoms with Crippen LogP contribution in [-0.2, 0) is 11.3 Å². The SMILES string of the molecule is COc1cc(C#N)ccc1OCC(=O)N1CCN(Cc2cc(C)no2)CC1. The van der Waals surface area contributed by atoms with Gasteiger partial charge in [-0.25, -0.2) is 0 Å². The summed E-state index contributed by atoms with van der Waals surface area (Å²) in [5.41, 5.74) is 1.35. The van der Waals surface area contributed by atoms with Crippen molar-refractivity contribution in [3.05, 3.63) is 41.3 Å². The first-order valence-corrected chi connectivity index (χ1v) is 8.72. The molecule has 1 aromatic heterocycles. The zero-order chi connectivity index (χ0) is 19.2. The van der Waals surface area contributed by atoms with Gasteiger partial charge in [-0.2, -0.15) is 5.26 Å². The Kier molecular flexibility index (Phi) is 5.94. The van der Waals surface area contributed by atoms with Crippen molar-refractivity contribution >= 4 is 5.91 Å². The molecule has 0 radical (unpaired) electrons. The minimum atomic E-state index is -0.0726. The molecule has 0 saturated carbocycles. The molecular weight excluding hydrogens is 348 g/mol. The van der Waals surface area contributed by atoms with Crippen LogP contribution in [0.4, 0.5) is 0 Å². The third-order valence-electron chi connectivity index (χ3n) is 4.43. The summed E-state index contributed by atoms with van der Waals surface area (Å²) in [6, 6.07) is 8.83. The van der Waals surface area contributed by atoms with Gasteiger partial charge in [0.05, 0.1) is 31.0 Å². The number of nitrogens with zero attached hydrogens (tertiary/aromatic N) is 4. The standard InChI is InChI=1S/C19H22N4O4/c1-14-9-16(27-21-14)12-22-5-7-23(8-6-22)19(24)13-26-17-4-3-15(11-20)10-18(17)25-2/h3-4,9-10H,5-8,12-13H2,1-2H3. The van der Waals surface area contributed by atoms with Crippen molar-refractivity contribution in [3.8, 4) is 17.6 Å². The Balaban J connectivity index is 1.48. The van der Waals surface area contributed by atoms with E-state index in [9.17, 15) is 4.79 Å². The van der Waals surface area contributed by atoms with Gasteiger partial charge in [0.15, 0.2) is 23.9 Å². The molecule has 2 aromatic rings. The summed E-state index contributed by atoms with van der Waals surface area (Å²) in [6.07, 6.45) is 0. The number of piperazine rings is 1. The molecule has 0 atom stereocenters. The zero-order valence-electron chi connectivity index (χ0n) is 15.5. The highest BCUT2D eigenvalue weighted by Gasteiger charge is 2.22. The maximum atomic E-state index is 12.4. The number of aromatic nitrogens is 1. The molecule has 1 aromatic carbocycles. The van der Waals surface area contributed by atoms with Crippen LogP contribution in [0.5, 0.6) is 11.5 Å². The van der Waals surface area contributed by atoms with Crippen molar-refractivity contribution in [2.75, 3.05) is 39.9 Å². The summed E-state index contributed by atoms with van der Waals surface area (Å²) in [5, 5.41) is 12.8. The van der Waals surface area contributed by atoms with Crippen LogP contribution in [0.3, 0.4) is 0 Å². The molecule has 2 heterocycles. The van der Waals surface area contributed by atoms with Crippen molar-refractivity contribution < 1.29 is 18.8 Å². The third kappa shape index (κ3) is 4.77. The summed E-state index contributed by atoms with van der Waals surface area (Å²) < 4.78 is 16.1. The Morgan fingerprint density at radius 2 is 2.04 bits per heavy atom. The number of aryl methyl sites for hydroxylation is 1. The topological polar surface area (TPSA) is 91.8 Å². The number of carbonyl (C=O) groups is 1. The van der Waals surface area contributed by atoms with Gasteiger partial charge in [-0.05, 0) is 19.1 Å². The van der Waals surface area contributed by atoms with Gasteiger partial charge in [0, 0.05) is 38.3 Å². The van der Waals surface area contributed by atoms with Crippen molar-refractivity contribution in [2.24, 2.45) is 0 Å². The van der Waals surface area contributed by atoms with Crippen LogP contribution in [0.25, 0.3) is 0 Å². The molecule has 27 heavy (non-hydrogen) atoms. The fraction of sp³-hybridized carbons (Fsp3) is 0.421. The Morgan fingerprint density at radius 1 is 1.26 bits per heavy atom. The summed E-state index contributed by atoms with van der Waals surface area (Å²) in [7, 11) is 1.50. The number of methoxy groups -OCH3 is 1. The Bertz CT molecular complexity index is 834. The van der Waals surface area contributed by atoms with E-state index in [0.29, 0.717) is 36.7 Å². The smallest absolute Gasteiger partial charge is 0.260 e. The van der Waals surface area contributed by atoms with E-state index in [1.165, 1.54) is 7.11 Å². The number of ether oxygens (including phenoxy) is 2. The quantitative estimate of drug-likeness (QED) is 0.762. The summed E-state index contributed by atoms with van der Waals surface area (Å²) in [5.74, 6) is 1.65. The second-order valence-electron chi connectivity index (χ2n) is 6.36. The van der Waals surface area contributed by atoms with Gasteiger partial charge < -0.3 is 18.9 Å². The first-order chi connectivity index (χ1) is 13.1. The second-order valence-corrected chi connectivity index (χ2v) is 6.36. The molecule has 3 rings (SSSR count). The maximum Gasteiger partial charge on any atom is 0.260 e. The highest BCUT2D eigenvalue weighted by atomic mass is 16.5. The number of nitriles is 1. The van der Waals surface area contributed by atoms with E-state index < -0.39 is 0 Å². The lowest BCUT2D eigenvalue weighted by atomic mass is 10.2. The van der Waals surface area contributed by atoms with Crippen molar-refractivity contribution in [2.45, 2.75) is 13.5 Å². The van der Waals surface area contributed by atoms with Gasteiger partial charge in [-0.3, -0.25) is 9.69 Å². The third-order valence-corrected chi connectivity index (χ3v) is 4.43. The van der Waals surface area contributed by atoms with Crippen molar-refractivity contribution in [1.29, 1.82) is 5.26 Å². The van der Waals surface area contributed by atoms with Gasteiger partial charge in [0.25, 0.3) is 5.91 Å². The minimum absolute atomic E-state index is 0.0659. The average molecular weight is 370 g/mol. The van der Waals surface area contributed by atoms with Gasteiger partial charge >= 0.3 is 0 Å². The van der Waals surface area contributed by atoms with Gasteiger partial charge in [0.1, 0.15) is 0 Å². The molecule has 1 saturated heterocycles. The number of amides is 1. The molecule has 0 spiro atoms. The average Bonchev–Trinajstić information content (AvgIpc) is 3.11. The molecule has 0 bridgehead atoms. The van der Waals surface area contributed by atoms with E-state index in [1.54, 1.807) is 23.1 Å². The molecule has 0 N–H and O–H groups in total. The van der Waals surface area contributed by atoms with Crippen molar-refractivity contribution in [3.63, 3.8) is 0 Å². The second kappa shape index (κ2) is 8.56. The van der Waals surface area contributed by atoms with Crippen LogP contribution in [0, 0.1) is 18.3 Å².